The number of H-pyrrole nitrogens is 1. The SMILES string of the molecule is COC(=O)CCc1ccc(OCCc2ccccc2F)c(-c2ccc3[nH]ccc3c2)c1. The molecular weight excluding hydrogens is 393 g/mol. The van der Waals surface area contributed by atoms with Crippen LogP contribution in [-0.4, -0.2) is 24.7 Å². The van der Waals surface area contributed by atoms with Gasteiger partial charge < -0.3 is 14.5 Å². The van der Waals surface area contributed by atoms with Crippen LogP contribution in [0, 0.1) is 5.82 Å². The second kappa shape index (κ2) is 9.47. The number of rotatable bonds is 8. The van der Waals surface area contributed by atoms with Gasteiger partial charge in [0.15, 0.2) is 0 Å². The van der Waals surface area contributed by atoms with Crippen LogP contribution < -0.4 is 4.74 Å². The number of halogens is 1. The van der Waals surface area contributed by atoms with Crippen LogP contribution in [0.5, 0.6) is 5.75 Å². The largest absolute Gasteiger partial charge is 0.493 e. The van der Waals surface area contributed by atoms with Gasteiger partial charge in [-0.1, -0.05) is 30.3 Å². The number of ether oxygens (including phenoxy) is 2. The molecule has 1 N–H and O–H groups in total. The maximum Gasteiger partial charge on any atom is 0.305 e. The van der Waals surface area contributed by atoms with Crippen molar-refractivity contribution in [2.45, 2.75) is 19.3 Å². The zero-order valence-corrected chi connectivity index (χ0v) is 17.4. The third kappa shape index (κ3) is 4.94. The number of aromatic nitrogens is 1. The van der Waals surface area contributed by atoms with Gasteiger partial charge in [-0.3, -0.25) is 4.79 Å². The van der Waals surface area contributed by atoms with E-state index >= 15 is 0 Å². The Hall–Kier alpha value is -3.60. The van der Waals surface area contributed by atoms with Gasteiger partial charge in [0.05, 0.1) is 13.7 Å². The fourth-order valence-corrected chi connectivity index (χ4v) is 3.63. The number of aryl methyl sites for hydroxylation is 1. The molecule has 31 heavy (non-hydrogen) atoms. The van der Waals surface area contributed by atoms with E-state index in [0.717, 1.165) is 33.3 Å². The minimum Gasteiger partial charge on any atom is -0.493 e. The molecule has 158 valence electrons. The van der Waals surface area contributed by atoms with Crippen LogP contribution in [0.1, 0.15) is 17.5 Å². The van der Waals surface area contributed by atoms with E-state index in [1.807, 2.05) is 42.6 Å². The van der Waals surface area contributed by atoms with Crippen molar-refractivity contribution >= 4 is 16.9 Å². The second-order valence-electron chi connectivity index (χ2n) is 7.38. The normalized spacial score (nSPS) is 10.9. The molecule has 1 heterocycles. The van der Waals surface area contributed by atoms with Crippen molar-refractivity contribution < 1.29 is 18.7 Å². The van der Waals surface area contributed by atoms with Crippen molar-refractivity contribution in [1.82, 2.24) is 4.98 Å². The molecule has 4 rings (SSSR count). The van der Waals surface area contributed by atoms with Gasteiger partial charge in [-0.05, 0) is 64.9 Å². The molecule has 0 atom stereocenters. The highest BCUT2D eigenvalue weighted by Crippen LogP contribution is 2.33. The molecule has 0 amide bonds. The lowest BCUT2D eigenvalue weighted by Gasteiger charge is -2.14. The van der Waals surface area contributed by atoms with E-state index in [4.69, 9.17) is 9.47 Å². The minimum absolute atomic E-state index is 0.220. The van der Waals surface area contributed by atoms with Crippen molar-refractivity contribution in [1.29, 1.82) is 0 Å². The van der Waals surface area contributed by atoms with Gasteiger partial charge in [-0.2, -0.15) is 0 Å². The zero-order chi connectivity index (χ0) is 21.6. The highest BCUT2D eigenvalue weighted by Gasteiger charge is 2.11. The van der Waals surface area contributed by atoms with Crippen molar-refractivity contribution in [3.8, 4) is 16.9 Å². The van der Waals surface area contributed by atoms with Gasteiger partial charge in [-0.25, -0.2) is 4.39 Å². The van der Waals surface area contributed by atoms with Crippen molar-refractivity contribution in [2.75, 3.05) is 13.7 Å². The van der Waals surface area contributed by atoms with Gasteiger partial charge in [0.1, 0.15) is 11.6 Å². The Bertz CT molecular complexity index is 1200. The molecule has 0 aliphatic rings. The summed E-state index contributed by atoms with van der Waals surface area (Å²) in [6.45, 7) is 0.363. The predicted octanol–water partition coefficient (Wildman–Crippen LogP) is 5.70. The monoisotopic (exact) mass is 417 g/mol. The van der Waals surface area contributed by atoms with E-state index in [2.05, 4.69) is 17.1 Å². The first kappa shape index (κ1) is 20.7. The summed E-state index contributed by atoms with van der Waals surface area (Å²) in [5.41, 5.74) is 4.68. The molecule has 3 aromatic carbocycles. The quantitative estimate of drug-likeness (QED) is 0.374. The molecule has 0 bridgehead atoms. The molecule has 0 unspecified atom stereocenters. The fourth-order valence-electron chi connectivity index (χ4n) is 3.63. The number of benzene rings is 3. The maximum absolute atomic E-state index is 13.9. The molecule has 1 aromatic heterocycles. The van der Waals surface area contributed by atoms with Gasteiger partial charge in [-0.15, -0.1) is 0 Å². The van der Waals surface area contributed by atoms with E-state index in [-0.39, 0.29) is 11.8 Å². The maximum atomic E-state index is 13.9. The molecule has 4 aromatic rings. The summed E-state index contributed by atoms with van der Waals surface area (Å²) < 4.78 is 24.7. The Morgan fingerprint density at radius 1 is 1.00 bits per heavy atom. The number of aromatic amines is 1. The summed E-state index contributed by atoms with van der Waals surface area (Å²) in [6, 6.07) is 20.9. The number of hydrogen-bond acceptors (Lipinski definition) is 3. The van der Waals surface area contributed by atoms with Crippen LogP contribution >= 0.6 is 0 Å². The predicted molar refractivity (Wildman–Crippen MR) is 120 cm³/mol. The molecule has 5 heteroatoms. The summed E-state index contributed by atoms with van der Waals surface area (Å²) in [7, 11) is 1.40. The van der Waals surface area contributed by atoms with Crippen molar-refractivity contribution in [2.24, 2.45) is 0 Å². The van der Waals surface area contributed by atoms with Crippen molar-refractivity contribution in [3.05, 3.63) is 89.9 Å². The first-order chi connectivity index (χ1) is 15.1. The van der Waals surface area contributed by atoms with E-state index in [0.29, 0.717) is 31.4 Å². The number of esters is 1. The van der Waals surface area contributed by atoms with Gasteiger partial charge in [0.25, 0.3) is 0 Å². The minimum atomic E-state index is -0.236. The molecule has 0 saturated carbocycles. The number of nitrogens with one attached hydrogen (secondary N) is 1. The molecule has 4 nitrogen and oxygen atoms in total. The van der Waals surface area contributed by atoms with Crippen LogP contribution in [0.4, 0.5) is 4.39 Å². The summed E-state index contributed by atoms with van der Waals surface area (Å²) in [6.07, 6.45) is 3.29. The third-order valence-corrected chi connectivity index (χ3v) is 5.34. The lowest BCUT2D eigenvalue weighted by atomic mass is 9.98. The average Bonchev–Trinajstić information content (AvgIpc) is 3.27. The smallest absolute Gasteiger partial charge is 0.305 e. The lowest BCUT2D eigenvalue weighted by Crippen LogP contribution is -2.05. The van der Waals surface area contributed by atoms with Crippen LogP contribution in [0.25, 0.3) is 22.0 Å². The molecule has 0 aliphatic heterocycles. The van der Waals surface area contributed by atoms with E-state index in [1.54, 1.807) is 12.1 Å². The Labute approximate surface area is 180 Å². The van der Waals surface area contributed by atoms with Crippen molar-refractivity contribution in [3.63, 3.8) is 0 Å². The lowest BCUT2D eigenvalue weighted by molar-refractivity contribution is -0.140. The van der Waals surface area contributed by atoms with Crippen LogP contribution in [0.3, 0.4) is 0 Å². The Morgan fingerprint density at radius 2 is 1.87 bits per heavy atom. The Kier molecular flexibility index (Phi) is 6.32. The molecule has 0 saturated heterocycles. The van der Waals surface area contributed by atoms with E-state index in [9.17, 15) is 9.18 Å². The highest BCUT2D eigenvalue weighted by atomic mass is 19.1. The summed E-state index contributed by atoms with van der Waals surface area (Å²) in [4.78, 5) is 14.7. The summed E-state index contributed by atoms with van der Waals surface area (Å²) in [5.74, 6) is 0.274. The van der Waals surface area contributed by atoms with Gasteiger partial charge >= 0.3 is 5.97 Å². The topological polar surface area (TPSA) is 51.3 Å². The average molecular weight is 417 g/mol. The number of carbonyl (C=O) groups excluding carboxylic acids is 1. The van der Waals surface area contributed by atoms with Crippen LogP contribution in [-0.2, 0) is 22.4 Å². The summed E-state index contributed by atoms with van der Waals surface area (Å²) >= 11 is 0. The number of carbonyl (C=O) groups is 1. The molecule has 0 fully saturated rings. The standard InChI is InChI=1S/C26H24FNO3/c1-30-26(29)11-7-18-6-10-25(31-15-13-19-4-2-3-5-23(19)27)22(16-18)20-8-9-24-21(17-20)12-14-28-24/h2-6,8-10,12,14,16-17,28H,7,11,13,15H2,1H3. The second-order valence-corrected chi connectivity index (χ2v) is 7.38. The summed E-state index contributed by atoms with van der Waals surface area (Å²) in [5, 5.41) is 1.11. The first-order valence-electron chi connectivity index (χ1n) is 10.3. The van der Waals surface area contributed by atoms with Crippen LogP contribution in [0.2, 0.25) is 0 Å². The van der Waals surface area contributed by atoms with Crippen LogP contribution in [0.15, 0.2) is 72.9 Å². The number of hydrogen-bond donors (Lipinski definition) is 1. The molecule has 0 spiro atoms. The fraction of sp³-hybridized carbons (Fsp3) is 0.192. The Morgan fingerprint density at radius 3 is 2.71 bits per heavy atom. The zero-order valence-electron chi connectivity index (χ0n) is 17.4. The third-order valence-electron chi connectivity index (χ3n) is 5.34. The molecule has 0 radical (unpaired) electrons. The molecule has 0 aliphatic carbocycles. The first-order valence-corrected chi connectivity index (χ1v) is 10.3. The number of methoxy groups -OCH3 is 1. The van der Waals surface area contributed by atoms with Gasteiger partial charge in [0.2, 0.25) is 0 Å². The van der Waals surface area contributed by atoms with E-state index in [1.165, 1.54) is 13.2 Å². The Balaban J connectivity index is 1.59. The molecular formula is C26H24FNO3. The highest BCUT2D eigenvalue weighted by molar-refractivity contribution is 5.86. The van der Waals surface area contributed by atoms with E-state index < -0.39 is 0 Å². The van der Waals surface area contributed by atoms with Gasteiger partial charge in [0, 0.05) is 30.1 Å². The number of fused-ring (bicyclic) bond motifs is 1.